The topological polar surface area (TPSA) is 127 Å². The fraction of sp³-hybridized carbons (Fsp3) is 0.417. The minimum atomic E-state index is -4.66. The largest absolute Gasteiger partial charge is 0.467 e. The van der Waals surface area contributed by atoms with Gasteiger partial charge >= 0.3 is 13.3 Å². The van der Waals surface area contributed by atoms with Gasteiger partial charge in [0.05, 0.1) is 4.92 Å². The van der Waals surface area contributed by atoms with Gasteiger partial charge in [0.15, 0.2) is 5.75 Å². The van der Waals surface area contributed by atoms with Gasteiger partial charge in [-0.25, -0.2) is 0 Å². The third-order valence-corrected chi connectivity index (χ3v) is 5.04. The van der Waals surface area contributed by atoms with E-state index in [4.69, 9.17) is 4.74 Å². The number of nitro benzene ring substituents is 1. The summed E-state index contributed by atoms with van der Waals surface area (Å²) in [7, 11) is -4.66. The summed E-state index contributed by atoms with van der Waals surface area (Å²) >= 11 is 0. The maximum Gasteiger partial charge on any atom is 0.368 e. The first kappa shape index (κ1) is 17.3. The van der Waals surface area contributed by atoms with Crippen molar-refractivity contribution in [3.8, 4) is 5.75 Å². The third-order valence-electron chi connectivity index (χ3n) is 3.25. The van der Waals surface area contributed by atoms with E-state index in [-0.39, 0.29) is 24.2 Å². The van der Waals surface area contributed by atoms with Crippen LogP contribution < -0.4 is 4.74 Å². The van der Waals surface area contributed by atoms with Gasteiger partial charge in [-0.05, 0) is 25.0 Å². The zero-order valence-electron chi connectivity index (χ0n) is 11.6. The van der Waals surface area contributed by atoms with Crippen LogP contribution in [0.4, 0.5) is 5.69 Å². The molecular formula is C12H16NO7P. The van der Waals surface area contributed by atoms with Crippen LogP contribution >= 0.6 is 7.60 Å². The zero-order valence-corrected chi connectivity index (χ0v) is 12.4. The van der Waals surface area contributed by atoms with Gasteiger partial charge < -0.3 is 14.5 Å². The average molecular weight is 317 g/mol. The van der Waals surface area contributed by atoms with Gasteiger partial charge in [-0.2, -0.15) is 0 Å². The Labute approximate surface area is 121 Å². The van der Waals surface area contributed by atoms with E-state index in [1.165, 1.54) is 19.9 Å². The molecule has 1 rings (SSSR count). The molecular weight excluding hydrogens is 301 g/mol. The van der Waals surface area contributed by atoms with Crippen molar-refractivity contribution in [2.45, 2.75) is 32.0 Å². The number of aldehydes is 1. The lowest BCUT2D eigenvalue weighted by atomic mass is 10.2. The van der Waals surface area contributed by atoms with Crippen molar-refractivity contribution in [1.29, 1.82) is 0 Å². The standard InChI is InChI=1S/C12H16NO7P/c1-3-12(4-2,21(17,18)19)20-11-6-5-9(8-14)7-10(11)13(15)16/h5-8H,3-4H2,1-2H3,(H2,17,18,19). The molecule has 0 amide bonds. The molecule has 21 heavy (non-hydrogen) atoms. The zero-order chi connectivity index (χ0) is 16.3. The SMILES string of the molecule is CCC(CC)(Oc1ccc(C=O)cc1[N+](=O)[O-])P(=O)(O)O. The molecule has 116 valence electrons. The van der Waals surface area contributed by atoms with E-state index in [0.29, 0.717) is 6.29 Å². The van der Waals surface area contributed by atoms with Gasteiger partial charge in [-0.1, -0.05) is 13.8 Å². The highest BCUT2D eigenvalue weighted by Crippen LogP contribution is 2.55. The van der Waals surface area contributed by atoms with E-state index in [2.05, 4.69) is 0 Å². The summed E-state index contributed by atoms with van der Waals surface area (Å²) in [6.07, 6.45) is 0.382. The summed E-state index contributed by atoms with van der Waals surface area (Å²) in [5.41, 5.74) is -0.442. The summed E-state index contributed by atoms with van der Waals surface area (Å²) < 4.78 is 17.0. The molecule has 8 nitrogen and oxygen atoms in total. The van der Waals surface area contributed by atoms with Gasteiger partial charge in [0, 0.05) is 11.6 Å². The number of hydrogen-bond donors (Lipinski definition) is 2. The van der Waals surface area contributed by atoms with Crippen LogP contribution in [0.1, 0.15) is 37.0 Å². The fourth-order valence-corrected chi connectivity index (χ4v) is 2.95. The van der Waals surface area contributed by atoms with Crippen molar-refractivity contribution < 1.29 is 28.8 Å². The van der Waals surface area contributed by atoms with Crippen LogP contribution in [0.3, 0.4) is 0 Å². The first-order valence-corrected chi connectivity index (χ1v) is 7.80. The number of nitrogens with zero attached hydrogens (tertiary/aromatic N) is 1. The molecule has 0 bridgehead atoms. The third kappa shape index (κ3) is 3.47. The Morgan fingerprint density at radius 1 is 1.38 bits per heavy atom. The molecule has 0 aliphatic rings. The molecule has 0 spiro atoms. The molecule has 0 atom stereocenters. The molecule has 1 aromatic carbocycles. The van der Waals surface area contributed by atoms with Crippen molar-refractivity contribution in [2.75, 3.05) is 0 Å². The number of hydrogen-bond acceptors (Lipinski definition) is 5. The van der Waals surface area contributed by atoms with E-state index in [1.54, 1.807) is 0 Å². The minimum absolute atomic E-state index is 0.0274. The molecule has 0 aliphatic carbocycles. The molecule has 0 fully saturated rings. The van der Waals surface area contributed by atoms with Crippen LogP contribution in [0.25, 0.3) is 0 Å². The van der Waals surface area contributed by atoms with Gasteiger partial charge in [0.25, 0.3) is 0 Å². The van der Waals surface area contributed by atoms with Crippen molar-refractivity contribution >= 4 is 19.6 Å². The highest BCUT2D eigenvalue weighted by atomic mass is 31.2. The highest BCUT2D eigenvalue weighted by molar-refractivity contribution is 7.53. The smallest absolute Gasteiger partial charge is 0.368 e. The fourth-order valence-electron chi connectivity index (χ4n) is 1.91. The van der Waals surface area contributed by atoms with Crippen LogP contribution in [0.5, 0.6) is 5.75 Å². The second kappa shape index (κ2) is 6.34. The van der Waals surface area contributed by atoms with Crippen molar-refractivity contribution in [3.05, 3.63) is 33.9 Å². The lowest BCUT2D eigenvalue weighted by Crippen LogP contribution is -2.34. The molecule has 0 saturated heterocycles. The van der Waals surface area contributed by atoms with E-state index in [9.17, 15) is 29.3 Å². The van der Waals surface area contributed by atoms with E-state index in [0.717, 1.165) is 12.1 Å². The number of nitro groups is 1. The Hall–Kier alpha value is -1.76. The molecule has 0 radical (unpaired) electrons. The Morgan fingerprint density at radius 2 is 1.95 bits per heavy atom. The Kier molecular flexibility index (Phi) is 5.22. The van der Waals surface area contributed by atoms with Gasteiger partial charge in [-0.3, -0.25) is 19.5 Å². The summed E-state index contributed by atoms with van der Waals surface area (Å²) in [5, 5.41) is 9.18. The summed E-state index contributed by atoms with van der Waals surface area (Å²) in [6.45, 7) is 3.04. The number of carbonyl (C=O) groups is 1. The summed E-state index contributed by atoms with van der Waals surface area (Å²) in [5.74, 6) is -0.280. The monoisotopic (exact) mass is 317 g/mol. The molecule has 0 aromatic heterocycles. The predicted molar refractivity (Wildman–Crippen MR) is 74.5 cm³/mol. The van der Waals surface area contributed by atoms with Crippen LogP contribution in [0.2, 0.25) is 0 Å². The van der Waals surface area contributed by atoms with Crippen molar-refractivity contribution in [2.24, 2.45) is 0 Å². The molecule has 1 aromatic rings. The number of carbonyl (C=O) groups excluding carboxylic acids is 1. The Morgan fingerprint density at radius 3 is 2.33 bits per heavy atom. The normalized spacial score (nSPS) is 12.0. The lowest BCUT2D eigenvalue weighted by molar-refractivity contribution is -0.386. The van der Waals surface area contributed by atoms with E-state index < -0.39 is 23.5 Å². The maximum atomic E-state index is 11.7. The Bertz CT molecular complexity index is 591. The molecule has 0 unspecified atom stereocenters. The number of rotatable bonds is 7. The van der Waals surface area contributed by atoms with Crippen LogP contribution in [0, 0.1) is 10.1 Å². The van der Waals surface area contributed by atoms with Crippen LogP contribution in [-0.4, -0.2) is 26.3 Å². The van der Waals surface area contributed by atoms with Crippen molar-refractivity contribution in [3.63, 3.8) is 0 Å². The molecule has 9 heteroatoms. The van der Waals surface area contributed by atoms with Gasteiger partial charge in [-0.15, -0.1) is 0 Å². The predicted octanol–water partition coefficient (Wildman–Crippen LogP) is 2.48. The summed E-state index contributed by atoms with van der Waals surface area (Å²) in [6, 6.07) is 3.45. The first-order valence-electron chi connectivity index (χ1n) is 6.19. The first-order chi connectivity index (χ1) is 9.70. The second-order valence-electron chi connectivity index (χ2n) is 4.40. The molecule has 0 heterocycles. The summed E-state index contributed by atoms with van der Waals surface area (Å²) in [4.78, 5) is 39.9. The molecule has 0 saturated carbocycles. The van der Waals surface area contributed by atoms with E-state index in [1.807, 2.05) is 0 Å². The van der Waals surface area contributed by atoms with Crippen LogP contribution in [0.15, 0.2) is 18.2 Å². The number of ether oxygens (including phenoxy) is 1. The molecule has 0 aliphatic heterocycles. The second-order valence-corrected chi connectivity index (χ2v) is 6.30. The Balaban J connectivity index is 3.37. The maximum absolute atomic E-state index is 11.7. The highest BCUT2D eigenvalue weighted by Gasteiger charge is 2.47. The quantitative estimate of drug-likeness (QED) is 0.342. The number of benzene rings is 1. The van der Waals surface area contributed by atoms with Gasteiger partial charge in [0.1, 0.15) is 6.29 Å². The average Bonchev–Trinajstić information content (AvgIpc) is 2.43. The minimum Gasteiger partial charge on any atom is -0.467 e. The van der Waals surface area contributed by atoms with Crippen molar-refractivity contribution in [1.82, 2.24) is 0 Å². The molecule has 2 N–H and O–H groups in total. The lowest BCUT2D eigenvalue weighted by Gasteiger charge is -2.32. The van der Waals surface area contributed by atoms with Crippen LogP contribution in [-0.2, 0) is 4.57 Å². The van der Waals surface area contributed by atoms with Gasteiger partial charge in [0.2, 0.25) is 5.34 Å². The van der Waals surface area contributed by atoms with E-state index >= 15 is 0 Å².